The average Bonchev–Trinajstić information content (AvgIpc) is 3.65. The number of aliphatic hydroxyl groups is 2. The van der Waals surface area contributed by atoms with Gasteiger partial charge in [-0.1, -0.05) is 65.0 Å². The van der Waals surface area contributed by atoms with Gasteiger partial charge in [-0.25, -0.2) is 9.78 Å². The van der Waals surface area contributed by atoms with E-state index in [-0.39, 0.29) is 31.2 Å². The minimum Gasteiger partial charge on any atom is -0.505 e. The van der Waals surface area contributed by atoms with Crippen LogP contribution in [0.3, 0.4) is 0 Å². The summed E-state index contributed by atoms with van der Waals surface area (Å²) in [4.78, 5) is 118. The van der Waals surface area contributed by atoms with Crippen molar-refractivity contribution in [1.29, 1.82) is 0 Å². The molecule has 9 unspecified atom stereocenters. The number of aliphatic hydroxyl groups excluding tert-OH is 2. The number of carbonyl (C=O) groups excluding carboxylic acids is 8. The summed E-state index contributed by atoms with van der Waals surface area (Å²) in [5.74, 6) is -7.13. The van der Waals surface area contributed by atoms with E-state index in [1.165, 1.54) is 70.2 Å². The summed E-state index contributed by atoms with van der Waals surface area (Å²) in [6.45, 7) is 11.0. The summed E-state index contributed by atoms with van der Waals surface area (Å²) < 4.78 is 4.97. The summed E-state index contributed by atoms with van der Waals surface area (Å²) in [6, 6.07) is 3.66. The topological polar surface area (TPSA) is 268 Å². The molecule has 3 rings (SSSR count). The molecule has 2 heterocycles. The molecule has 65 heavy (non-hydrogen) atoms. The summed E-state index contributed by atoms with van der Waals surface area (Å²) in [5.41, 5.74) is 0.107. The number of aromatic nitrogens is 1. The van der Waals surface area contributed by atoms with Crippen LogP contribution in [0.1, 0.15) is 83.4 Å². The van der Waals surface area contributed by atoms with Crippen molar-refractivity contribution in [3.05, 3.63) is 59.9 Å². The monoisotopic (exact) mass is 910 g/mol. The van der Waals surface area contributed by atoms with Gasteiger partial charge in [0.15, 0.2) is 11.7 Å². The molecule has 0 aliphatic carbocycles. The van der Waals surface area contributed by atoms with Crippen molar-refractivity contribution in [3.63, 3.8) is 0 Å². The minimum atomic E-state index is -1.59. The Hall–Kier alpha value is -6.15. The van der Waals surface area contributed by atoms with Gasteiger partial charge < -0.3 is 55.6 Å². The Kier molecular flexibility index (Phi) is 19.4. The Morgan fingerprint density at radius 1 is 0.862 bits per heavy atom. The molecule has 9 atom stereocenters. The van der Waals surface area contributed by atoms with Gasteiger partial charge in [0.1, 0.15) is 36.0 Å². The van der Waals surface area contributed by atoms with Gasteiger partial charge in [-0.05, 0) is 55.7 Å². The van der Waals surface area contributed by atoms with Gasteiger partial charge in [-0.3, -0.25) is 33.6 Å². The van der Waals surface area contributed by atoms with Crippen molar-refractivity contribution in [2.24, 2.45) is 17.8 Å². The van der Waals surface area contributed by atoms with Crippen molar-refractivity contribution in [2.45, 2.75) is 110 Å². The quantitative estimate of drug-likeness (QED) is 0.0973. The van der Waals surface area contributed by atoms with E-state index in [2.05, 4.69) is 20.9 Å². The fourth-order valence-electron chi connectivity index (χ4n) is 7.62. The summed E-state index contributed by atoms with van der Waals surface area (Å²) in [5, 5.41) is 38.9. The number of likely N-dealkylation sites (N-methyl/N-ethyl adjacent to an activating group) is 3. The number of amides is 7. The second-order valence-corrected chi connectivity index (χ2v) is 17.4. The number of aromatic hydroxyl groups is 1. The Morgan fingerprint density at radius 3 is 2.05 bits per heavy atom. The molecule has 1 saturated heterocycles. The van der Waals surface area contributed by atoms with Gasteiger partial charge in [-0.15, -0.1) is 0 Å². The van der Waals surface area contributed by atoms with Crippen LogP contribution < -0.4 is 16.0 Å². The van der Waals surface area contributed by atoms with E-state index >= 15 is 0 Å². The third-order valence-corrected chi connectivity index (χ3v) is 11.6. The number of likely N-dealkylation sites (tertiary alicyclic amines) is 1. The summed E-state index contributed by atoms with van der Waals surface area (Å²) in [7, 11) is 5.37. The number of benzene rings is 1. The van der Waals surface area contributed by atoms with E-state index in [1.807, 2.05) is 13.8 Å². The molecule has 20 nitrogen and oxygen atoms in total. The molecule has 0 spiro atoms. The van der Waals surface area contributed by atoms with E-state index in [0.717, 1.165) is 9.80 Å². The van der Waals surface area contributed by atoms with E-state index in [9.17, 15) is 53.7 Å². The molecule has 20 heteroatoms. The number of pyridine rings is 1. The molecule has 7 amide bonds. The van der Waals surface area contributed by atoms with Crippen molar-refractivity contribution < 1.29 is 58.4 Å². The highest BCUT2D eigenvalue weighted by Crippen LogP contribution is 2.25. The molecule has 0 radical (unpaired) electrons. The first-order chi connectivity index (χ1) is 30.4. The zero-order valence-corrected chi connectivity index (χ0v) is 39.1. The molecular weight excluding hydrogens is 845 g/mol. The molecule has 2 aromatic rings. The number of methoxy groups -OCH3 is 1. The van der Waals surface area contributed by atoms with E-state index in [0.29, 0.717) is 5.56 Å². The Bertz CT molecular complexity index is 2020. The maximum atomic E-state index is 14.2. The highest BCUT2D eigenvalue weighted by molar-refractivity contribution is 6.00. The number of nitrogens with zero attached hydrogens (tertiary/aromatic N) is 5. The number of nitrogens with one attached hydrogen (secondary N) is 3. The molecule has 0 bridgehead atoms. The fourth-order valence-corrected chi connectivity index (χ4v) is 7.62. The lowest BCUT2D eigenvalue weighted by Gasteiger charge is -2.36. The Morgan fingerprint density at radius 2 is 1.49 bits per heavy atom. The lowest BCUT2D eigenvalue weighted by Crippen LogP contribution is -2.59. The zero-order chi connectivity index (χ0) is 49.0. The zero-order valence-electron chi connectivity index (χ0n) is 39.1. The van der Waals surface area contributed by atoms with Crippen molar-refractivity contribution in [1.82, 2.24) is 40.5 Å². The number of ether oxygens (including phenoxy) is 1. The molecular formula is C45H66N8O12. The summed E-state index contributed by atoms with van der Waals surface area (Å²) >= 11 is 0. The van der Waals surface area contributed by atoms with Crippen LogP contribution in [0.15, 0.2) is 48.7 Å². The Labute approximate surface area is 380 Å². The van der Waals surface area contributed by atoms with E-state index < -0.39 is 120 Å². The minimum absolute atomic E-state index is 0.0651. The second kappa shape index (κ2) is 23.7. The van der Waals surface area contributed by atoms with Gasteiger partial charge in [0.05, 0.1) is 25.9 Å². The van der Waals surface area contributed by atoms with Crippen LogP contribution in [-0.4, -0.2) is 171 Å². The number of hydrogen-bond acceptors (Lipinski definition) is 13. The van der Waals surface area contributed by atoms with Gasteiger partial charge in [0.25, 0.3) is 5.91 Å². The second-order valence-electron chi connectivity index (χ2n) is 17.4. The number of rotatable bonds is 20. The molecule has 0 saturated carbocycles. The molecule has 1 aliphatic rings. The van der Waals surface area contributed by atoms with Crippen molar-refractivity contribution in [2.75, 3.05) is 41.3 Å². The number of esters is 1. The van der Waals surface area contributed by atoms with Gasteiger partial charge >= 0.3 is 5.97 Å². The molecule has 1 aliphatic heterocycles. The predicted molar refractivity (Wildman–Crippen MR) is 236 cm³/mol. The lowest BCUT2D eigenvalue weighted by molar-refractivity contribution is -0.153. The maximum absolute atomic E-state index is 14.2. The van der Waals surface area contributed by atoms with Gasteiger partial charge in [0, 0.05) is 40.3 Å². The first-order valence-electron chi connectivity index (χ1n) is 21.5. The van der Waals surface area contributed by atoms with Crippen molar-refractivity contribution in [3.8, 4) is 5.75 Å². The van der Waals surface area contributed by atoms with Crippen molar-refractivity contribution >= 4 is 47.3 Å². The van der Waals surface area contributed by atoms with E-state index in [4.69, 9.17) is 4.74 Å². The highest BCUT2D eigenvalue weighted by atomic mass is 16.5. The Balaban J connectivity index is 1.78. The standard InChI is InChI=1S/C45H66N8O12/c1-24(2)20-31(48-39(58)35(28(7)54)49-40(59)36-33(56)18-15-19-46-36)43(62)53-22-30(55)21-32(53)44(63)50(8)23-34(57)51(9)37(26(5)25(3)4)41(60)47-27(6)42(61)52(10)38(45(64)65-11)29-16-13-12-14-17-29/h12-19,24-28,30-32,35,37-38,54-56H,20-23H2,1-11H3,(H,47,60)(H,48,58)(H,49,59). The first-order valence-corrected chi connectivity index (χ1v) is 21.5. The van der Waals surface area contributed by atoms with Crippen LogP contribution in [0.5, 0.6) is 5.75 Å². The third-order valence-electron chi connectivity index (χ3n) is 11.6. The third kappa shape index (κ3) is 13.7. The van der Waals surface area contributed by atoms with Gasteiger partial charge in [0.2, 0.25) is 35.4 Å². The number of carbonyl (C=O) groups is 8. The van der Waals surface area contributed by atoms with Crippen LogP contribution in [0, 0.1) is 17.8 Å². The van der Waals surface area contributed by atoms with Crippen LogP contribution in [0.2, 0.25) is 0 Å². The maximum Gasteiger partial charge on any atom is 0.333 e. The predicted octanol–water partition coefficient (Wildman–Crippen LogP) is 0.214. The van der Waals surface area contributed by atoms with Gasteiger partial charge in [-0.2, -0.15) is 0 Å². The summed E-state index contributed by atoms with van der Waals surface area (Å²) in [6.07, 6.45) is -1.46. The van der Waals surface area contributed by atoms with Crippen LogP contribution in [-0.2, 0) is 38.3 Å². The van der Waals surface area contributed by atoms with Crippen LogP contribution in [0.4, 0.5) is 0 Å². The molecule has 1 fully saturated rings. The smallest absolute Gasteiger partial charge is 0.333 e. The molecule has 1 aromatic heterocycles. The average molecular weight is 911 g/mol. The molecule has 6 N–H and O–H groups in total. The van der Waals surface area contributed by atoms with E-state index in [1.54, 1.807) is 51.1 Å². The molecule has 358 valence electrons. The van der Waals surface area contributed by atoms with Crippen LogP contribution >= 0.6 is 0 Å². The lowest BCUT2D eigenvalue weighted by atomic mass is 9.88. The highest BCUT2D eigenvalue weighted by Gasteiger charge is 2.44. The normalized spacial score (nSPS) is 18.0. The molecule has 1 aromatic carbocycles. The number of hydrogen-bond donors (Lipinski definition) is 6. The fraction of sp³-hybridized carbons (Fsp3) is 0.578. The van der Waals surface area contributed by atoms with Crippen LogP contribution in [0.25, 0.3) is 0 Å². The first kappa shape index (κ1) is 53.2. The largest absolute Gasteiger partial charge is 0.505 e. The number of β-amino-alcohol motifs (C(OH)–C–C–N with tert-alkyl or cyclic N) is 1. The SMILES string of the molecule is COC(=O)C(c1ccccc1)N(C)C(=O)C(C)NC(=O)C(C(C)C(C)C)N(C)C(=O)CN(C)C(=O)C1CC(O)CN1C(=O)C(CC(C)C)NC(=O)C(NC(=O)c1ncccc1O)C(C)O.